The quantitative estimate of drug-likeness (QED) is 0.545. The Labute approximate surface area is 130 Å². The highest BCUT2D eigenvalue weighted by atomic mass is 79.9. The molecule has 1 rings (SSSR count). The fourth-order valence-corrected chi connectivity index (χ4v) is 2.20. The molecule has 0 radical (unpaired) electrons. The van der Waals surface area contributed by atoms with Gasteiger partial charge in [-0.05, 0) is 24.5 Å². The van der Waals surface area contributed by atoms with Crippen LogP contribution in [0.1, 0.15) is 31.2 Å². The van der Waals surface area contributed by atoms with E-state index in [0.29, 0.717) is 0 Å². The van der Waals surface area contributed by atoms with Gasteiger partial charge in [-0.25, -0.2) is 0 Å². The molecular weight excluding hydrogens is 312 g/mol. The second-order valence-electron chi connectivity index (χ2n) is 4.29. The van der Waals surface area contributed by atoms with E-state index in [1.54, 1.807) is 7.11 Å². The van der Waals surface area contributed by atoms with Crippen molar-refractivity contribution < 1.29 is 4.74 Å². The van der Waals surface area contributed by atoms with Crippen LogP contribution in [0.3, 0.4) is 0 Å². The van der Waals surface area contributed by atoms with Crippen molar-refractivity contribution in [1.82, 2.24) is 0 Å². The Morgan fingerprint density at radius 2 is 2.00 bits per heavy atom. The third-order valence-corrected chi connectivity index (χ3v) is 3.34. The van der Waals surface area contributed by atoms with Gasteiger partial charge < -0.3 is 4.74 Å². The molecule has 0 heterocycles. The van der Waals surface area contributed by atoms with Crippen molar-refractivity contribution in [2.24, 2.45) is 0 Å². The van der Waals surface area contributed by atoms with Crippen molar-refractivity contribution >= 4 is 22.0 Å². The predicted octanol–water partition coefficient (Wildman–Crippen LogP) is 4.63. The maximum absolute atomic E-state index is 5.39. The maximum Gasteiger partial charge on any atom is 0.149 e. The van der Waals surface area contributed by atoms with E-state index in [4.69, 9.17) is 11.2 Å². The van der Waals surface area contributed by atoms with Crippen LogP contribution < -0.4 is 0 Å². The van der Waals surface area contributed by atoms with E-state index in [0.717, 1.165) is 35.7 Å². The Balaban J connectivity index is 2.56. The zero-order chi connectivity index (χ0) is 14.6. The lowest BCUT2D eigenvalue weighted by molar-refractivity contribution is 0.183. The van der Waals surface area contributed by atoms with Crippen LogP contribution in [0.4, 0.5) is 0 Å². The molecule has 0 aromatic heterocycles. The summed E-state index contributed by atoms with van der Waals surface area (Å²) in [6.07, 6.45) is 10.8. The summed E-state index contributed by atoms with van der Waals surface area (Å²) >= 11 is 3.54. The van der Waals surface area contributed by atoms with Crippen LogP contribution in [0.2, 0.25) is 0 Å². The third kappa shape index (κ3) is 6.62. The number of ether oxygens (including phenoxy) is 1. The van der Waals surface area contributed by atoms with Gasteiger partial charge in [0.1, 0.15) is 6.10 Å². The molecule has 0 aliphatic rings. The number of hydrogen-bond donors (Lipinski definition) is 0. The number of halogens is 1. The molecule has 0 saturated carbocycles. The first kappa shape index (κ1) is 16.6. The lowest BCUT2D eigenvalue weighted by Gasteiger charge is -2.07. The number of benzene rings is 1. The normalized spacial score (nSPS) is 12.2. The van der Waals surface area contributed by atoms with Gasteiger partial charge in [0.2, 0.25) is 0 Å². The topological polar surface area (TPSA) is 9.23 Å². The van der Waals surface area contributed by atoms with Gasteiger partial charge in [-0.3, -0.25) is 0 Å². The predicted molar refractivity (Wildman–Crippen MR) is 89.2 cm³/mol. The average molecular weight is 331 g/mol. The molecule has 0 spiro atoms. The molecule has 1 unspecified atom stereocenters. The lowest BCUT2D eigenvalue weighted by Crippen LogP contribution is -2.07. The van der Waals surface area contributed by atoms with E-state index in [1.807, 2.05) is 36.4 Å². The van der Waals surface area contributed by atoms with Gasteiger partial charge >= 0.3 is 0 Å². The first-order valence-electron chi connectivity index (χ1n) is 6.64. The van der Waals surface area contributed by atoms with E-state index in [1.165, 1.54) is 0 Å². The lowest BCUT2D eigenvalue weighted by atomic mass is 10.1. The van der Waals surface area contributed by atoms with E-state index in [2.05, 4.69) is 33.7 Å². The Kier molecular flexibility index (Phi) is 8.56. The van der Waals surface area contributed by atoms with Crippen molar-refractivity contribution in [2.75, 3.05) is 7.11 Å². The van der Waals surface area contributed by atoms with Crippen molar-refractivity contribution in [3.8, 4) is 24.2 Å². The van der Waals surface area contributed by atoms with Crippen LogP contribution in [-0.2, 0) is 4.74 Å². The van der Waals surface area contributed by atoms with Crippen molar-refractivity contribution in [3.05, 3.63) is 40.4 Å². The molecular formula is C18H19BrO. The SMILES string of the molecule is C#CCCCCC#CC(OC)C(Br)=Cc1ccccc1. The van der Waals surface area contributed by atoms with Gasteiger partial charge in [-0.1, -0.05) is 52.2 Å². The van der Waals surface area contributed by atoms with Crippen LogP contribution in [0.25, 0.3) is 6.08 Å². The van der Waals surface area contributed by atoms with Gasteiger partial charge in [0.05, 0.1) is 0 Å². The van der Waals surface area contributed by atoms with Crippen molar-refractivity contribution in [2.45, 2.75) is 31.8 Å². The second-order valence-corrected chi connectivity index (χ2v) is 5.20. The Bertz CT molecular complexity index is 514. The molecule has 104 valence electrons. The molecule has 1 aromatic carbocycles. The minimum atomic E-state index is -0.220. The van der Waals surface area contributed by atoms with Crippen LogP contribution >= 0.6 is 15.9 Å². The van der Waals surface area contributed by atoms with E-state index >= 15 is 0 Å². The summed E-state index contributed by atoms with van der Waals surface area (Å²) in [6, 6.07) is 10.1. The molecule has 1 nitrogen and oxygen atoms in total. The summed E-state index contributed by atoms with van der Waals surface area (Å²) < 4.78 is 6.32. The minimum absolute atomic E-state index is 0.220. The Hall–Kier alpha value is -1.48. The van der Waals surface area contributed by atoms with Gasteiger partial charge in [0.15, 0.2) is 0 Å². The Morgan fingerprint density at radius 1 is 1.30 bits per heavy atom. The van der Waals surface area contributed by atoms with Gasteiger partial charge in [0.25, 0.3) is 0 Å². The minimum Gasteiger partial charge on any atom is -0.364 e. The first-order valence-corrected chi connectivity index (χ1v) is 7.44. The summed E-state index contributed by atoms with van der Waals surface area (Å²) in [7, 11) is 1.66. The molecule has 0 fully saturated rings. The van der Waals surface area contributed by atoms with Gasteiger partial charge in [-0.15, -0.1) is 18.3 Å². The number of terminal acetylenes is 1. The average Bonchev–Trinajstić information content (AvgIpc) is 2.47. The Morgan fingerprint density at radius 3 is 2.65 bits per heavy atom. The van der Waals surface area contributed by atoms with Crippen LogP contribution in [0, 0.1) is 24.2 Å². The smallest absolute Gasteiger partial charge is 0.149 e. The highest BCUT2D eigenvalue weighted by Gasteiger charge is 2.06. The molecule has 2 heteroatoms. The number of methoxy groups -OCH3 is 1. The van der Waals surface area contributed by atoms with Gasteiger partial charge in [-0.2, -0.15) is 0 Å². The van der Waals surface area contributed by atoms with Gasteiger partial charge in [0, 0.05) is 24.4 Å². The zero-order valence-electron chi connectivity index (χ0n) is 11.7. The number of rotatable bonds is 6. The largest absolute Gasteiger partial charge is 0.364 e. The van der Waals surface area contributed by atoms with E-state index < -0.39 is 0 Å². The fraction of sp³-hybridized carbons (Fsp3) is 0.333. The maximum atomic E-state index is 5.39. The summed E-state index contributed by atoms with van der Waals surface area (Å²) in [6.45, 7) is 0. The molecule has 1 atom stereocenters. The molecule has 0 aliphatic heterocycles. The third-order valence-electron chi connectivity index (χ3n) is 2.70. The van der Waals surface area contributed by atoms with Crippen LogP contribution in [0.5, 0.6) is 0 Å². The molecule has 0 amide bonds. The highest BCUT2D eigenvalue weighted by Crippen LogP contribution is 2.18. The molecule has 0 saturated heterocycles. The van der Waals surface area contributed by atoms with Crippen molar-refractivity contribution in [1.29, 1.82) is 0 Å². The fourth-order valence-electron chi connectivity index (χ4n) is 1.63. The van der Waals surface area contributed by atoms with E-state index in [9.17, 15) is 0 Å². The van der Waals surface area contributed by atoms with Crippen LogP contribution in [0.15, 0.2) is 34.8 Å². The molecule has 1 aromatic rings. The molecule has 0 bridgehead atoms. The second kappa shape index (κ2) is 10.3. The van der Waals surface area contributed by atoms with Crippen LogP contribution in [-0.4, -0.2) is 13.2 Å². The summed E-state index contributed by atoms with van der Waals surface area (Å²) in [5, 5.41) is 0. The van der Waals surface area contributed by atoms with E-state index in [-0.39, 0.29) is 6.10 Å². The first-order chi connectivity index (χ1) is 9.77. The monoisotopic (exact) mass is 330 g/mol. The molecule has 0 N–H and O–H groups in total. The molecule has 20 heavy (non-hydrogen) atoms. The summed E-state index contributed by atoms with van der Waals surface area (Å²) in [5.74, 6) is 8.91. The highest BCUT2D eigenvalue weighted by molar-refractivity contribution is 9.11. The molecule has 0 aliphatic carbocycles. The zero-order valence-corrected chi connectivity index (χ0v) is 13.3. The number of unbranched alkanes of at least 4 members (excludes halogenated alkanes) is 3. The summed E-state index contributed by atoms with van der Waals surface area (Å²) in [4.78, 5) is 0. The number of hydrogen-bond acceptors (Lipinski definition) is 1. The standard InChI is InChI=1S/C18H19BrO/c1-3-4-5-6-7-11-14-18(20-2)17(19)15-16-12-9-8-10-13-16/h1,8-10,12-13,15,18H,4-7H2,2H3. The van der Waals surface area contributed by atoms with Crippen molar-refractivity contribution in [3.63, 3.8) is 0 Å². The summed E-state index contributed by atoms with van der Waals surface area (Å²) in [5.41, 5.74) is 1.12.